The van der Waals surface area contributed by atoms with E-state index in [9.17, 15) is 9.90 Å². The summed E-state index contributed by atoms with van der Waals surface area (Å²) in [5.41, 5.74) is 3.14. The molecule has 6 heteroatoms. The number of phenolic OH excluding ortho intramolecular Hbond substituents is 1. The lowest BCUT2D eigenvalue weighted by molar-refractivity contribution is 0.0689. The summed E-state index contributed by atoms with van der Waals surface area (Å²) in [5, 5.41) is 23.7. The number of aryl methyl sites for hydroxylation is 2. The summed E-state index contributed by atoms with van der Waals surface area (Å²) in [6.45, 7) is 0. The molecule has 0 spiro atoms. The smallest absolute Gasteiger partial charge is 0.356 e. The molecule has 0 radical (unpaired) electrons. The molecule has 1 aliphatic rings. The largest absolute Gasteiger partial charge is 0.506 e. The highest BCUT2D eigenvalue weighted by Gasteiger charge is 2.22. The van der Waals surface area contributed by atoms with Crippen molar-refractivity contribution in [3.8, 4) is 17.0 Å². The van der Waals surface area contributed by atoms with Crippen LogP contribution in [0.1, 0.15) is 34.5 Å². The minimum Gasteiger partial charge on any atom is -0.506 e. The minimum atomic E-state index is -1.10. The molecule has 0 bridgehead atoms. The molecule has 0 fully saturated rings. The Bertz CT molecular complexity index is 737. The minimum absolute atomic E-state index is 0.00254. The summed E-state index contributed by atoms with van der Waals surface area (Å²) in [6.07, 6.45) is 3.96. The van der Waals surface area contributed by atoms with Gasteiger partial charge in [-0.25, -0.2) is 4.79 Å². The fraction of sp³-hybridized carbons (Fsp3) is 0.333. The van der Waals surface area contributed by atoms with Gasteiger partial charge in [-0.3, -0.25) is 4.68 Å². The van der Waals surface area contributed by atoms with Crippen LogP contribution < -0.4 is 0 Å². The van der Waals surface area contributed by atoms with Gasteiger partial charge in [-0.2, -0.15) is 5.10 Å². The van der Waals surface area contributed by atoms with Crippen LogP contribution in [-0.2, 0) is 19.9 Å². The SMILES string of the molecule is Cn1nc(C(=O)O)cc1-c1cc2c(c(Cl)c1O)CCCC2. The zero-order chi connectivity index (χ0) is 15.1. The van der Waals surface area contributed by atoms with E-state index in [0.29, 0.717) is 16.3 Å². The number of aromatic hydroxyl groups is 1. The van der Waals surface area contributed by atoms with E-state index >= 15 is 0 Å². The normalized spacial score (nSPS) is 14.0. The van der Waals surface area contributed by atoms with Crippen molar-refractivity contribution >= 4 is 17.6 Å². The number of aromatic carboxylic acids is 1. The average Bonchev–Trinajstić information content (AvgIpc) is 2.85. The molecule has 0 unspecified atom stereocenters. The number of carbonyl (C=O) groups is 1. The van der Waals surface area contributed by atoms with Crippen molar-refractivity contribution in [2.24, 2.45) is 7.05 Å². The first-order valence-electron chi connectivity index (χ1n) is 6.80. The molecule has 1 aromatic heterocycles. The highest BCUT2D eigenvalue weighted by atomic mass is 35.5. The second kappa shape index (κ2) is 5.07. The molecule has 0 amide bonds. The fourth-order valence-corrected chi connectivity index (χ4v) is 3.18. The monoisotopic (exact) mass is 306 g/mol. The predicted molar refractivity (Wildman–Crippen MR) is 78.9 cm³/mol. The number of carboxylic acid groups (broad SMARTS) is 1. The Morgan fingerprint density at radius 2 is 2.05 bits per heavy atom. The van der Waals surface area contributed by atoms with Crippen molar-refractivity contribution < 1.29 is 15.0 Å². The van der Waals surface area contributed by atoms with Gasteiger partial charge in [0.05, 0.1) is 10.7 Å². The Morgan fingerprint density at radius 3 is 2.71 bits per heavy atom. The molecule has 2 N–H and O–H groups in total. The topological polar surface area (TPSA) is 75.4 Å². The molecule has 1 aromatic carbocycles. The van der Waals surface area contributed by atoms with E-state index in [-0.39, 0.29) is 11.4 Å². The van der Waals surface area contributed by atoms with E-state index in [1.807, 2.05) is 6.07 Å². The lowest BCUT2D eigenvalue weighted by Gasteiger charge is -2.20. The molecule has 0 saturated carbocycles. The molecule has 0 aliphatic heterocycles. The van der Waals surface area contributed by atoms with Crippen molar-refractivity contribution in [3.63, 3.8) is 0 Å². The molecule has 1 aliphatic carbocycles. The van der Waals surface area contributed by atoms with Crippen LogP contribution in [0.15, 0.2) is 12.1 Å². The van der Waals surface area contributed by atoms with Gasteiger partial charge in [0.1, 0.15) is 5.75 Å². The number of hydrogen-bond acceptors (Lipinski definition) is 3. The standard InChI is InChI=1S/C15H15ClN2O3/c1-18-12(7-11(17-18)15(20)21)10-6-8-4-2-3-5-9(8)13(16)14(10)19/h6-7,19H,2-5H2,1H3,(H,20,21). The maximum atomic E-state index is 11.0. The number of halogens is 1. The average molecular weight is 307 g/mol. The van der Waals surface area contributed by atoms with Gasteiger partial charge < -0.3 is 10.2 Å². The van der Waals surface area contributed by atoms with Crippen molar-refractivity contribution in [1.82, 2.24) is 9.78 Å². The molecular formula is C15H15ClN2O3. The Hall–Kier alpha value is -2.01. The van der Waals surface area contributed by atoms with E-state index in [0.717, 1.165) is 36.8 Å². The van der Waals surface area contributed by atoms with Crippen molar-refractivity contribution in [3.05, 3.63) is 34.0 Å². The van der Waals surface area contributed by atoms with Crippen LogP contribution in [0.5, 0.6) is 5.75 Å². The lowest BCUT2D eigenvalue weighted by atomic mass is 9.89. The molecule has 5 nitrogen and oxygen atoms in total. The summed E-state index contributed by atoms with van der Waals surface area (Å²) in [6, 6.07) is 3.35. The van der Waals surface area contributed by atoms with Crippen LogP contribution in [-0.4, -0.2) is 26.0 Å². The maximum absolute atomic E-state index is 11.0. The molecule has 3 rings (SSSR count). The number of benzene rings is 1. The number of rotatable bonds is 2. The van der Waals surface area contributed by atoms with Gasteiger partial charge in [-0.1, -0.05) is 11.6 Å². The molecule has 0 atom stereocenters. The third kappa shape index (κ3) is 2.27. The molecule has 0 saturated heterocycles. The van der Waals surface area contributed by atoms with Gasteiger partial charge in [0.15, 0.2) is 5.69 Å². The van der Waals surface area contributed by atoms with Gasteiger partial charge in [0.25, 0.3) is 0 Å². The van der Waals surface area contributed by atoms with E-state index in [1.165, 1.54) is 10.7 Å². The number of nitrogens with zero attached hydrogens (tertiary/aromatic N) is 2. The Labute approximate surface area is 126 Å². The van der Waals surface area contributed by atoms with Crippen LogP contribution in [0.25, 0.3) is 11.3 Å². The summed E-state index contributed by atoms with van der Waals surface area (Å²) in [5.74, 6) is -1.10. The Kier molecular flexibility index (Phi) is 3.37. The van der Waals surface area contributed by atoms with Crippen LogP contribution in [0.3, 0.4) is 0 Å². The van der Waals surface area contributed by atoms with E-state index in [2.05, 4.69) is 5.10 Å². The molecule has 21 heavy (non-hydrogen) atoms. The zero-order valence-electron chi connectivity index (χ0n) is 11.6. The van der Waals surface area contributed by atoms with Gasteiger partial charge >= 0.3 is 5.97 Å². The Morgan fingerprint density at radius 1 is 1.33 bits per heavy atom. The molecule has 110 valence electrons. The van der Waals surface area contributed by atoms with Gasteiger partial charge in [-0.05, 0) is 48.9 Å². The van der Waals surface area contributed by atoms with Crippen LogP contribution in [0, 0.1) is 0 Å². The van der Waals surface area contributed by atoms with E-state index in [4.69, 9.17) is 16.7 Å². The van der Waals surface area contributed by atoms with Crippen molar-refractivity contribution in [1.29, 1.82) is 0 Å². The van der Waals surface area contributed by atoms with E-state index in [1.54, 1.807) is 7.05 Å². The second-order valence-corrected chi connectivity index (χ2v) is 5.65. The second-order valence-electron chi connectivity index (χ2n) is 5.28. The summed E-state index contributed by atoms with van der Waals surface area (Å²) in [7, 11) is 1.65. The molecule has 2 aromatic rings. The van der Waals surface area contributed by atoms with Crippen molar-refractivity contribution in [2.45, 2.75) is 25.7 Å². The number of hydrogen-bond donors (Lipinski definition) is 2. The molecular weight excluding hydrogens is 292 g/mol. The number of fused-ring (bicyclic) bond motifs is 1. The first-order chi connectivity index (χ1) is 9.99. The van der Waals surface area contributed by atoms with E-state index < -0.39 is 5.97 Å². The number of carboxylic acids is 1. The van der Waals surface area contributed by atoms with Gasteiger partial charge in [0.2, 0.25) is 0 Å². The number of phenols is 1. The first-order valence-corrected chi connectivity index (χ1v) is 7.17. The summed E-state index contributed by atoms with van der Waals surface area (Å²) >= 11 is 6.29. The van der Waals surface area contributed by atoms with Crippen LogP contribution >= 0.6 is 11.6 Å². The fourth-order valence-electron chi connectivity index (χ4n) is 2.86. The first kappa shape index (κ1) is 13.9. The number of aromatic nitrogens is 2. The highest BCUT2D eigenvalue weighted by Crippen LogP contribution is 2.42. The van der Waals surface area contributed by atoms with Gasteiger partial charge in [0, 0.05) is 12.6 Å². The van der Waals surface area contributed by atoms with Crippen LogP contribution in [0.4, 0.5) is 0 Å². The predicted octanol–water partition coefficient (Wildman–Crippen LogP) is 3.02. The van der Waals surface area contributed by atoms with Crippen molar-refractivity contribution in [2.75, 3.05) is 0 Å². The molecule has 1 heterocycles. The third-order valence-corrected chi connectivity index (χ3v) is 4.34. The maximum Gasteiger partial charge on any atom is 0.356 e. The highest BCUT2D eigenvalue weighted by molar-refractivity contribution is 6.33. The quantitative estimate of drug-likeness (QED) is 0.894. The summed E-state index contributed by atoms with van der Waals surface area (Å²) in [4.78, 5) is 11.0. The summed E-state index contributed by atoms with van der Waals surface area (Å²) < 4.78 is 1.45. The third-order valence-electron chi connectivity index (χ3n) is 3.93. The van der Waals surface area contributed by atoms with Crippen LogP contribution in [0.2, 0.25) is 5.02 Å². The lowest BCUT2D eigenvalue weighted by Crippen LogP contribution is -2.05. The van der Waals surface area contributed by atoms with Gasteiger partial charge in [-0.15, -0.1) is 0 Å². The zero-order valence-corrected chi connectivity index (χ0v) is 12.3. The Balaban J connectivity index is 2.19.